The van der Waals surface area contributed by atoms with E-state index in [0.29, 0.717) is 17.8 Å². The lowest BCUT2D eigenvalue weighted by Gasteiger charge is -2.32. The summed E-state index contributed by atoms with van der Waals surface area (Å²) in [5, 5.41) is 2.67. The third-order valence-corrected chi connectivity index (χ3v) is 7.59. The van der Waals surface area contributed by atoms with E-state index >= 15 is 0 Å². The molecule has 0 saturated carbocycles. The maximum atomic E-state index is 14.5. The fraction of sp³-hybridized carbons (Fsp3) is 0.259. The Kier molecular flexibility index (Phi) is 8.82. The van der Waals surface area contributed by atoms with E-state index in [4.69, 9.17) is 0 Å². The van der Waals surface area contributed by atoms with Crippen LogP contribution < -0.4 is 9.62 Å². The molecule has 0 aliphatic heterocycles. The third-order valence-electron chi connectivity index (χ3n) is 5.81. The molecule has 0 aliphatic carbocycles. The van der Waals surface area contributed by atoms with Crippen molar-refractivity contribution in [1.29, 1.82) is 0 Å². The minimum atomic E-state index is -4.13. The number of nitrogens with one attached hydrogen (secondary N) is 1. The molecule has 0 radical (unpaired) electrons. The van der Waals surface area contributed by atoms with E-state index in [2.05, 4.69) is 5.32 Å². The molecule has 0 bridgehead atoms. The number of likely N-dealkylation sites (N-methyl/N-ethyl adjacent to an activating group) is 1. The molecule has 3 aromatic rings. The minimum Gasteiger partial charge on any atom is -0.355 e. The van der Waals surface area contributed by atoms with E-state index in [1.807, 2.05) is 0 Å². The normalized spacial score (nSPS) is 12.0. The number of halogens is 1. The number of hydrogen-bond acceptors (Lipinski definition) is 4. The summed E-state index contributed by atoms with van der Waals surface area (Å²) >= 11 is 0. The number of para-hydroxylation sites is 1. The van der Waals surface area contributed by atoms with Crippen molar-refractivity contribution in [1.82, 2.24) is 10.2 Å². The number of carbonyl (C=O) groups excluding carboxylic acids is 2. The second kappa shape index (κ2) is 11.8. The molecule has 1 unspecified atom stereocenters. The number of rotatable bonds is 10. The number of carbonyl (C=O) groups is 2. The second-order valence-electron chi connectivity index (χ2n) is 8.29. The standard InChI is InChI=1S/C27H30FN3O4S/c1-4-29-27(33)21(3)30(18-22-13-9-10-16-24(22)28)26(32)19-31(25-17-11-8-12-20(25)2)36(34,35)23-14-6-5-7-15-23/h5-17,21H,4,18-19H2,1-3H3,(H,29,33). The summed E-state index contributed by atoms with van der Waals surface area (Å²) in [6.07, 6.45) is 0. The van der Waals surface area contributed by atoms with Gasteiger partial charge in [0.05, 0.1) is 10.6 Å². The van der Waals surface area contributed by atoms with Crippen molar-refractivity contribution in [3.63, 3.8) is 0 Å². The molecule has 0 heterocycles. The average molecular weight is 512 g/mol. The highest BCUT2D eigenvalue weighted by Gasteiger charge is 2.33. The van der Waals surface area contributed by atoms with E-state index in [9.17, 15) is 22.4 Å². The lowest BCUT2D eigenvalue weighted by atomic mass is 10.1. The van der Waals surface area contributed by atoms with Crippen LogP contribution in [0.1, 0.15) is 25.0 Å². The largest absolute Gasteiger partial charge is 0.355 e. The third kappa shape index (κ3) is 6.09. The van der Waals surface area contributed by atoms with Gasteiger partial charge in [-0.15, -0.1) is 0 Å². The molecular formula is C27H30FN3O4S. The molecule has 0 fully saturated rings. The monoisotopic (exact) mass is 511 g/mol. The van der Waals surface area contributed by atoms with Crippen LogP contribution in [0.2, 0.25) is 0 Å². The molecule has 1 atom stereocenters. The van der Waals surface area contributed by atoms with Crippen molar-refractivity contribution in [3.8, 4) is 0 Å². The number of benzene rings is 3. The SMILES string of the molecule is CCNC(=O)C(C)N(Cc1ccccc1F)C(=O)CN(c1ccccc1C)S(=O)(=O)c1ccccc1. The van der Waals surface area contributed by atoms with Gasteiger partial charge in [0.25, 0.3) is 10.0 Å². The Morgan fingerprint density at radius 3 is 2.19 bits per heavy atom. The van der Waals surface area contributed by atoms with Gasteiger partial charge >= 0.3 is 0 Å². The maximum absolute atomic E-state index is 14.5. The zero-order valence-corrected chi connectivity index (χ0v) is 21.3. The van der Waals surface area contributed by atoms with Gasteiger partial charge < -0.3 is 10.2 Å². The van der Waals surface area contributed by atoms with Gasteiger partial charge in [0, 0.05) is 18.7 Å². The highest BCUT2D eigenvalue weighted by Crippen LogP contribution is 2.27. The Morgan fingerprint density at radius 1 is 0.944 bits per heavy atom. The fourth-order valence-corrected chi connectivity index (χ4v) is 5.29. The van der Waals surface area contributed by atoms with Crippen molar-refractivity contribution < 1.29 is 22.4 Å². The molecule has 0 aromatic heterocycles. The van der Waals surface area contributed by atoms with Gasteiger partial charge in [-0.3, -0.25) is 13.9 Å². The van der Waals surface area contributed by atoms with Crippen molar-refractivity contribution in [2.24, 2.45) is 0 Å². The first-order chi connectivity index (χ1) is 17.2. The molecule has 190 valence electrons. The van der Waals surface area contributed by atoms with Crippen molar-refractivity contribution >= 4 is 27.5 Å². The molecule has 3 aromatic carbocycles. The number of hydrogen-bond donors (Lipinski definition) is 1. The smallest absolute Gasteiger partial charge is 0.264 e. The molecule has 2 amide bonds. The Morgan fingerprint density at radius 2 is 1.56 bits per heavy atom. The van der Waals surface area contributed by atoms with Crippen molar-refractivity contribution in [2.45, 2.75) is 38.3 Å². The number of anilines is 1. The quantitative estimate of drug-likeness (QED) is 0.448. The first-order valence-corrected chi connectivity index (χ1v) is 13.0. The Hall–Kier alpha value is -3.72. The molecule has 0 saturated heterocycles. The molecule has 0 aliphatic rings. The fourth-order valence-electron chi connectivity index (χ4n) is 3.79. The van der Waals surface area contributed by atoms with Gasteiger partial charge in [-0.25, -0.2) is 12.8 Å². The number of nitrogens with zero attached hydrogens (tertiary/aromatic N) is 2. The van der Waals surface area contributed by atoms with E-state index in [1.165, 1.54) is 42.2 Å². The molecule has 0 spiro atoms. The van der Waals surface area contributed by atoms with Crippen LogP contribution in [-0.4, -0.2) is 44.3 Å². The predicted octanol–water partition coefficient (Wildman–Crippen LogP) is 3.88. The minimum absolute atomic E-state index is 0.0264. The zero-order valence-electron chi connectivity index (χ0n) is 20.5. The Labute approximate surface area is 211 Å². The molecular weight excluding hydrogens is 481 g/mol. The van der Waals surface area contributed by atoms with E-state index in [-0.39, 0.29) is 17.0 Å². The van der Waals surface area contributed by atoms with Gasteiger partial charge in [-0.1, -0.05) is 54.6 Å². The van der Waals surface area contributed by atoms with E-state index in [1.54, 1.807) is 62.4 Å². The summed E-state index contributed by atoms with van der Waals surface area (Å²) < 4.78 is 42.9. The average Bonchev–Trinajstić information content (AvgIpc) is 2.87. The summed E-state index contributed by atoms with van der Waals surface area (Å²) in [5.41, 5.74) is 1.21. The molecule has 7 nitrogen and oxygen atoms in total. The first kappa shape index (κ1) is 26.9. The summed E-state index contributed by atoms with van der Waals surface area (Å²) in [7, 11) is -4.13. The summed E-state index contributed by atoms with van der Waals surface area (Å²) in [4.78, 5) is 27.6. The number of aryl methyl sites for hydroxylation is 1. The molecule has 3 rings (SSSR count). The van der Waals surface area contributed by atoms with Gasteiger partial charge in [0.1, 0.15) is 18.4 Å². The van der Waals surface area contributed by atoms with Crippen LogP contribution in [-0.2, 0) is 26.2 Å². The van der Waals surface area contributed by atoms with Crippen LogP contribution in [0.5, 0.6) is 0 Å². The number of amides is 2. The lowest BCUT2D eigenvalue weighted by molar-refractivity contribution is -0.139. The summed E-state index contributed by atoms with van der Waals surface area (Å²) in [5.74, 6) is -1.58. The van der Waals surface area contributed by atoms with Crippen molar-refractivity contribution in [2.75, 3.05) is 17.4 Å². The van der Waals surface area contributed by atoms with Gasteiger partial charge in [0.2, 0.25) is 11.8 Å². The zero-order chi connectivity index (χ0) is 26.3. The van der Waals surface area contributed by atoms with Crippen LogP contribution in [0.4, 0.5) is 10.1 Å². The second-order valence-corrected chi connectivity index (χ2v) is 10.2. The van der Waals surface area contributed by atoms with Gasteiger partial charge in [-0.2, -0.15) is 0 Å². The van der Waals surface area contributed by atoms with Crippen LogP contribution >= 0.6 is 0 Å². The summed E-state index contributed by atoms with van der Waals surface area (Å²) in [6, 6.07) is 19.7. The highest BCUT2D eigenvalue weighted by molar-refractivity contribution is 7.92. The number of sulfonamides is 1. The first-order valence-electron chi connectivity index (χ1n) is 11.6. The summed E-state index contributed by atoms with van der Waals surface area (Å²) in [6.45, 7) is 4.62. The van der Waals surface area contributed by atoms with Gasteiger partial charge in [0.15, 0.2) is 0 Å². The van der Waals surface area contributed by atoms with Crippen LogP contribution in [0.3, 0.4) is 0 Å². The Balaban J connectivity index is 2.04. The maximum Gasteiger partial charge on any atom is 0.264 e. The predicted molar refractivity (Wildman–Crippen MR) is 137 cm³/mol. The van der Waals surface area contributed by atoms with E-state index in [0.717, 1.165) is 4.31 Å². The topological polar surface area (TPSA) is 86.8 Å². The van der Waals surface area contributed by atoms with Crippen LogP contribution in [0.15, 0.2) is 83.8 Å². The highest BCUT2D eigenvalue weighted by atomic mass is 32.2. The molecule has 1 N–H and O–H groups in total. The lowest BCUT2D eigenvalue weighted by Crippen LogP contribution is -2.51. The van der Waals surface area contributed by atoms with E-state index < -0.39 is 40.2 Å². The molecule has 36 heavy (non-hydrogen) atoms. The Bertz CT molecular complexity index is 1320. The van der Waals surface area contributed by atoms with Crippen LogP contribution in [0.25, 0.3) is 0 Å². The van der Waals surface area contributed by atoms with Crippen LogP contribution in [0, 0.1) is 12.7 Å². The van der Waals surface area contributed by atoms with Crippen molar-refractivity contribution in [3.05, 3.63) is 95.8 Å². The molecule has 9 heteroatoms. The van der Waals surface area contributed by atoms with Gasteiger partial charge in [-0.05, 0) is 50.6 Å².